The van der Waals surface area contributed by atoms with E-state index in [1.165, 1.54) is 0 Å². The van der Waals surface area contributed by atoms with Crippen molar-refractivity contribution in [2.45, 2.75) is 12.8 Å². The van der Waals surface area contributed by atoms with Crippen LogP contribution in [0.2, 0.25) is 0 Å². The molecule has 0 radical (unpaired) electrons. The molecule has 2 rings (SSSR count). The lowest BCUT2D eigenvalue weighted by Crippen LogP contribution is -2.36. The van der Waals surface area contributed by atoms with E-state index in [1.54, 1.807) is 9.34 Å². The summed E-state index contributed by atoms with van der Waals surface area (Å²) in [5, 5.41) is 5.76. The van der Waals surface area contributed by atoms with Crippen molar-refractivity contribution in [2.75, 3.05) is 108 Å². The molecule has 0 spiro atoms. The van der Waals surface area contributed by atoms with E-state index in [0.717, 1.165) is 39.0 Å². The third kappa shape index (κ3) is 16.2. The summed E-state index contributed by atoms with van der Waals surface area (Å²) in [4.78, 5) is 2.10. The van der Waals surface area contributed by atoms with Gasteiger partial charge in [-0.3, -0.25) is 9.13 Å². The fourth-order valence-electron chi connectivity index (χ4n) is 3.00. The van der Waals surface area contributed by atoms with Crippen molar-refractivity contribution < 1.29 is 18.2 Å². The van der Waals surface area contributed by atoms with Gasteiger partial charge < -0.3 is 13.9 Å². The molecule has 36 heavy (non-hydrogen) atoms. The average Bonchev–Trinajstić information content (AvgIpc) is 2.86. The van der Waals surface area contributed by atoms with Gasteiger partial charge in [0.05, 0.1) is 13.2 Å². The van der Waals surface area contributed by atoms with Crippen molar-refractivity contribution in [3.8, 4) is 0 Å². The molecule has 0 bridgehead atoms. The summed E-state index contributed by atoms with van der Waals surface area (Å²) in [5.41, 5.74) is 0. The third-order valence-electron chi connectivity index (χ3n) is 4.84. The van der Waals surface area contributed by atoms with Crippen LogP contribution < -0.4 is 10.2 Å². The molecule has 2 fully saturated rings. The summed E-state index contributed by atoms with van der Waals surface area (Å²) in [6.07, 6.45) is 1.78. The first-order valence-corrected chi connectivity index (χ1v) is 18.2. The second-order valence-corrected chi connectivity index (χ2v) is 14.2. The fraction of sp³-hybridized carbons (Fsp3) is 1.00. The van der Waals surface area contributed by atoms with Gasteiger partial charge in [-0.2, -0.15) is 0 Å². The van der Waals surface area contributed by atoms with Gasteiger partial charge in [-0.1, -0.05) is 0 Å². The molecule has 0 aliphatic carbocycles. The first-order chi connectivity index (χ1) is 17.3. The van der Waals surface area contributed by atoms with Crippen LogP contribution in [0.4, 0.5) is 0 Å². The van der Waals surface area contributed by atoms with Crippen molar-refractivity contribution in [2.24, 2.45) is 0 Å². The van der Waals surface area contributed by atoms with Gasteiger partial charge in [-0.15, -0.1) is 69.6 Å². The third-order valence-corrected chi connectivity index (χ3v) is 10.5. The molecule has 2 N–H and O–H groups in total. The Morgan fingerprint density at radius 1 is 0.833 bits per heavy atom. The zero-order chi connectivity index (χ0) is 27.3. The number of rotatable bonds is 14. The zero-order valence-corrected chi connectivity index (χ0v) is 27.2. The van der Waals surface area contributed by atoms with E-state index in [9.17, 15) is 9.13 Å². The first kappa shape index (κ1) is 37.9. The average molecular weight is 678 g/mol. The topological polar surface area (TPSA) is 86.4 Å². The van der Waals surface area contributed by atoms with E-state index in [4.69, 9.17) is 78.7 Å². The monoisotopic (exact) mass is 675 g/mol. The molecular formula is C19H41Cl6N5O4P2. The molecule has 2 saturated heterocycles. The minimum atomic E-state index is -2.84. The number of nitrogens with one attached hydrogen (secondary N) is 2. The zero-order valence-electron chi connectivity index (χ0n) is 20.9. The molecule has 0 saturated carbocycles. The van der Waals surface area contributed by atoms with Gasteiger partial charge >= 0.3 is 15.3 Å². The van der Waals surface area contributed by atoms with E-state index >= 15 is 0 Å². The highest BCUT2D eigenvalue weighted by Crippen LogP contribution is 2.49. The quantitative estimate of drug-likeness (QED) is 0.191. The minimum Gasteiger partial charge on any atom is -0.306 e. The minimum absolute atomic E-state index is 0.419. The van der Waals surface area contributed by atoms with Gasteiger partial charge in [0, 0.05) is 87.6 Å². The first-order valence-electron chi connectivity index (χ1n) is 11.8. The maximum atomic E-state index is 12.2. The SMILES string of the molecule is CN(CCCl)CCCl.O=P1(N(CCCl)CCCl)NCCCO1.O=P1(NCCCl)OCCCN1CCCl. The van der Waals surface area contributed by atoms with Crippen molar-refractivity contribution >= 4 is 84.9 Å². The Hall–Kier alpha value is 1.92. The molecule has 9 nitrogen and oxygen atoms in total. The van der Waals surface area contributed by atoms with E-state index in [-0.39, 0.29) is 0 Å². The Labute approximate surface area is 247 Å². The predicted octanol–water partition coefficient (Wildman–Crippen LogP) is 5.16. The highest BCUT2D eigenvalue weighted by Gasteiger charge is 2.34. The van der Waals surface area contributed by atoms with E-state index in [0.29, 0.717) is 74.7 Å². The Morgan fingerprint density at radius 3 is 1.89 bits per heavy atom. The lowest BCUT2D eigenvalue weighted by Gasteiger charge is -2.34. The van der Waals surface area contributed by atoms with Crippen molar-refractivity contribution in [1.29, 1.82) is 0 Å². The molecule has 17 heteroatoms. The summed E-state index contributed by atoms with van der Waals surface area (Å²) < 4.78 is 38.4. The molecule has 2 aliphatic rings. The number of nitrogens with zero attached hydrogens (tertiary/aromatic N) is 3. The second kappa shape index (κ2) is 23.6. The standard InChI is InChI=1S/2C7H15Cl2N2O2P.C5H11Cl2N/c8-2-4-10-14(12)11(6-3-9)5-1-7-13-14;8-2-5-11(6-3-9)14(12)10-4-1-7-13-14;1-8(4-2-6)5-3-7/h2*1-7H2,(H,10,12);2-5H2,1H3. The molecule has 2 heterocycles. The largest absolute Gasteiger partial charge is 0.343 e. The lowest BCUT2D eigenvalue weighted by molar-refractivity contribution is 0.203. The van der Waals surface area contributed by atoms with Crippen molar-refractivity contribution in [1.82, 2.24) is 24.4 Å². The molecule has 2 aliphatic heterocycles. The van der Waals surface area contributed by atoms with Crippen molar-refractivity contribution in [3.05, 3.63) is 0 Å². The lowest BCUT2D eigenvalue weighted by atomic mass is 10.4. The van der Waals surface area contributed by atoms with Gasteiger partial charge in [-0.25, -0.2) is 19.5 Å². The highest BCUT2D eigenvalue weighted by molar-refractivity contribution is 7.54. The summed E-state index contributed by atoms with van der Waals surface area (Å²) in [5.74, 6) is 3.09. The van der Waals surface area contributed by atoms with Gasteiger partial charge in [0.15, 0.2) is 0 Å². The summed E-state index contributed by atoms with van der Waals surface area (Å²) >= 11 is 33.3. The van der Waals surface area contributed by atoms with E-state index in [1.807, 2.05) is 7.05 Å². The maximum absolute atomic E-state index is 12.2. The Kier molecular flexibility index (Phi) is 24.9. The van der Waals surface area contributed by atoms with Crippen LogP contribution >= 0.6 is 84.9 Å². The highest BCUT2D eigenvalue weighted by atomic mass is 35.5. The van der Waals surface area contributed by atoms with Crippen LogP contribution in [-0.4, -0.2) is 122 Å². The summed E-state index contributed by atoms with van der Waals surface area (Å²) in [6, 6.07) is 0. The van der Waals surface area contributed by atoms with Crippen LogP contribution in [0, 0.1) is 0 Å². The Bertz CT molecular complexity index is 601. The van der Waals surface area contributed by atoms with Crippen LogP contribution in [-0.2, 0) is 18.2 Å². The van der Waals surface area contributed by atoms with Gasteiger partial charge in [0.25, 0.3) is 0 Å². The molecule has 0 aromatic rings. The number of hydrogen-bond donors (Lipinski definition) is 2. The number of hydrogen-bond acceptors (Lipinski definition) is 5. The van der Waals surface area contributed by atoms with Crippen LogP contribution in [0.25, 0.3) is 0 Å². The van der Waals surface area contributed by atoms with Crippen LogP contribution in [0.5, 0.6) is 0 Å². The fourth-order valence-corrected chi connectivity index (χ4v) is 8.76. The molecule has 0 aromatic carbocycles. The molecule has 2 atom stereocenters. The normalized spacial score (nSPS) is 24.7. The Morgan fingerprint density at radius 2 is 1.42 bits per heavy atom. The summed E-state index contributed by atoms with van der Waals surface area (Å²) in [7, 11) is -3.68. The van der Waals surface area contributed by atoms with Gasteiger partial charge in [0.1, 0.15) is 0 Å². The number of halogens is 6. The maximum Gasteiger partial charge on any atom is 0.343 e. The van der Waals surface area contributed by atoms with E-state index in [2.05, 4.69) is 15.1 Å². The van der Waals surface area contributed by atoms with Crippen LogP contribution in [0.1, 0.15) is 12.8 Å². The molecule has 2 unspecified atom stereocenters. The summed E-state index contributed by atoms with van der Waals surface area (Å²) in [6.45, 7) is 6.51. The smallest absolute Gasteiger partial charge is 0.306 e. The van der Waals surface area contributed by atoms with E-state index < -0.39 is 15.3 Å². The second-order valence-electron chi connectivity index (χ2n) is 7.58. The number of alkyl halides is 6. The van der Waals surface area contributed by atoms with Crippen LogP contribution in [0.3, 0.4) is 0 Å². The molecular weight excluding hydrogens is 637 g/mol. The van der Waals surface area contributed by atoms with Gasteiger partial charge in [-0.05, 0) is 19.9 Å². The van der Waals surface area contributed by atoms with Crippen LogP contribution in [0.15, 0.2) is 0 Å². The molecule has 0 amide bonds. The predicted molar refractivity (Wildman–Crippen MR) is 157 cm³/mol. The molecule has 0 aromatic heterocycles. The van der Waals surface area contributed by atoms with Crippen molar-refractivity contribution in [3.63, 3.8) is 0 Å². The molecule has 218 valence electrons. The Balaban J connectivity index is 0.000000533. The van der Waals surface area contributed by atoms with Gasteiger partial charge in [0.2, 0.25) is 0 Å².